The van der Waals surface area contributed by atoms with Crippen LogP contribution in [-0.2, 0) is 4.74 Å². The summed E-state index contributed by atoms with van der Waals surface area (Å²) >= 11 is 6.15. The van der Waals surface area contributed by atoms with E-state index < -0.39 is 12.7 Å². The van der Waals surface area contributed by atoms with Gasteiger partial charge in [0.15, 0.2) is 13.5 Å². The predicted molar refractivity (Wildman–Crippen MR) is 100 cm³/mol. The minimum Gasteiger partial charge on any atom is -0.435 e. The van der Waals surface area contributed by atoms with E-state index in [-0.39, 0.29) is 18.3 Å². The lowest BCUT2D eigenvalue weighted by Gasteiger charge is -2.18. The zero-order chi connectivity index (χ0) is 19.8. The molecule has 0 N–H and O–H groups in total. The number of hydrogen-bond acceptors (Lipinski definition) is 5. The lowest BCUT2D eigenvalue weighted by atomic mass is 9.95. The Morgan fingerprint density at radius 2 is 2.25 bits per heavy atom. The van der Waals surface area contributed by atoms with E-state index in [0.29, 0.717) is 28.3 Å². The van der Waals surface area contributed by atoms with Gasteiger partial charge in [0.05, 0.1) is 23.7 Å². The second kappa shape index (κ2) is 7.38. The first-order valence-corrected chi connectivity index (χ1v) is 8.93. The van der Waals surface area contributed by atoms with Crippen molar-refractivity contribution >= 4 is 30.7 Å². The number of halogens is 3. The molecule has 6 nitrogen and oxygen atoms in total. The molecule has 0 amide bonds. The van der Waals surface area contributed by atoms with Crippen molar-refractivity contribution in [3.8, 4) is 11.8 Å². The topological polar surface area (TPSA) is 72.4 Å². The molecule has 1 aliphatic rings. The van der Waals surface area contributed by atoms with Crippen LogP contribution in [0.25, 0.3) is 5.65 Å². The van der Waals surface area contributed by atoms with Crippen molar-refractivity contribution in [2.75, 3.05) is 6.61 Å². The first kappa shape index (κ1) is 18.7. The molecule has 3 aromatic rings. The molecule has 142 valence electrons. The number of nitriles is 1. The number of nitrogens with zero attached hydrogens (tertiary/aromatic N) is 4. The molecule has 0 aliphatic heterocycles. The summed E-state index contributed by atoms with van der Waals surface area (Å²) in [5.41, 5.74) is 3.38. The van der Waals surface area contributed by atoms with Crippen LogP contribution in [0, 0.1) is 11.3 Å². The molecule has 0 spiro atoms. The fraction of sp³-hybridized carbons (Fsp3) is 0.278. The van der Waals surface area contributed by atoms with Crippen LogP contribution in [-0.4, -0.2) is 35.4 Å². The van der Waals surface area contributed by atoms with E-state index in [1.54, 1.807) is 12.3 Å². The molecule has 2 heterocycles. The van der Waals surface area contributed by atoms with Crippen molar-refractivity contribution in [2.24, 2.45) is 0 Å². The lowest BCUT2D eigenvalue weighted by molar-refractivity contribution is -0.0506. The van der Waals surface area contributed by atoms with E-state index in [1.165, 1.54) is 12.1 Å². The fourth-order valence-electron chi connectivity index (χ4n) is 3.66. The van der Waals surface area contributed by atoms with Gasteiger partial charge in [-0.2, -0.15) is 14.0 Å². The van der Waals surface area contributed by atoms with Gasteiger partial charge in [-0.05, 0) is 24.6 Å². The summed E-state index contributed by atoms with van der Waals surface area (Å²) in [6, 6.07) is 6.51. The molecule has 0 bridgehead atoms. The molecule has 0 saturated carbocycles. The van der Waals surface area contributed by atoms with Gasteiger partial charge in [-0.3, -0.25) is 4.98 Å². The Balaban J connectivity index is 1.88. The van der Waals surface area contributed by atoms with Crippen LogP contribution >= 0.6 is 11.6 Å². The highest BCUT2D eigenvalue weighted by Crippen LogP contribution is 2.48. The summed E-state index contributed by atoms with van der Waals surface area (Å²) in [5.74, 6) is -0.292. The maximum Gasteiger partial charge on any atom is 0.387 e. The number of benzene rings is 1. The van der Waals surface area contributed by atoms with Crippen molar-refractivity contribution in [2.45, 2.75) is 25.1 Å². The number of ether oxygens (including phenoxy) is 2. The quantitative estimate of drug-likeness (QED) is 0.613. The number of aromatic nitrogens is 3. The van der Waals surface area contributed by atoms with E-state index >= 15 is 0 Å². The smallest absolute Gasteiger partial charge is 0.387 e. The average molecular weight is 403 g/mol. The molecule has 0 fully saturated rings. The van der Waals surface area contributed by atoms with Gasteiger partial charge >= 0.3 is 6.61 Å². The number of alkyl halides is 2. The standard InChI is InChI=1S/C18H14BClF2N4O2/c19-14-8-26-15(7-24-14)25-16-13(27-4-3-23)6-11(17(16)26)10-5-9(20)1-2-12(10)28-18(21)22/h1-2,5,7-8,11,13,18H,4,6,19H2. The Morgan fingerprint density at radius 3 is 3.00 bits per heavy atom. The molecular formula is C18H14BClF2N4O2. The van der Waals surface area contributed by atoms with Crippen molar-refractivity contribution in [1.82, 2.24) is 14.4 Å². The van der Waals surface area contributed by atoms with Crippen LogP contribution in [0.2, 0.25) is 5.02 Å². The first-order valence-electron chi connectivity index (χ1n) is 8.55. The zero-order valence-corrected chi connectivity index (χ0v) is 15.5. The van der Waals surface area contributed by atoms with E-state index in [1.807, 2.05) is 24.5 Å². The molecule has 2 aromatic heterocycles. The number of hydrogen-bond donors (Lipinski definition) is 0. The van der Waals surface area contributed by atoms with E-state index in [0.717, 1.165) is 11.3 Å². The number of rotatable bonds is 5. The lowest BCUT2D eigenvalue weighted by Crippen LogP contribution is -2.13. The molecule has 2 unspecified atom stereocenters. The highest BCUT2D eigenvalue weighted by atomic mass is 35.5. The summed E-state index contributed by atoms with van der Waals surface area (Å²) in [7, 11) is 1.85. The summed E-state index contributed by atoms with van der Waals surface area (Å²) in [6.07, 6.45) is 3.46. The largest absolute Gasteiger partial charge is 0.435 e. The van der Waals surface area contributed by atoms with E-state index in [4.69, 9.17) is 26.3 Å². The summed E-state index contributed by atoms with van der Waals surface area (Å²) < 4.78 is 38.1. The Bertz CT molecular complexity index is 1090. The first-order chi connectivity index (χ1) is 13.5. The van der Waals surface area contributed by atoms with Crippen molar-refractivity contribution in [1.29, 1.82) is 5.26 Å². The summed E-state index contributed by atoms with van der Waals surface area (Å²) in [5, 5.41) is 9.29. The second-order valence-corrected chi connectivity index (χ2v) is 6.88. The van der Waals surface area contributed by atoms with Gasteiger partial charge in [0.2, 0.25) is 0 Å². The van der Waals surface area contributed by atoms with Gasteiger partial charge in [-0.15, -0.1) is 0 Å². The third-order valence-corrected chi connectivity index (χ3v) is 4.94. The minimum atomic E-state index is -2.96. The van der Waals surface area contributed by atoms with Crippen LogP contribution in [0.3, 0.4) is 0 Å². The predicted octanol–water partition coefficient (Wildman–Crippen LogP) is 2.36. The Labute approximate surface area is 165 Å². The van der Waals surface area contributed by atoms with Gasteiger partial charge in [0, 0.05) is 28.3 Å². The maximum absolute atomic E-state index is 12.9. The Morgan fingerprint density at radius 1 is 1.43 bits per heavy atom. The van der Waals surface area contributed by atoms with Crippen molar-refractivity contribution < 1.29 is 18.3 Å². The molecule has 4 rings (SSSR count). The number of imidazole rings is 1. The normalized spacial score (nSPS) is 18.4. The van der Waals surface area contributed by atoms with Gasteiger partial charge < -0.3 is 13.9 Å². The summed E-state index contributed by atoms with van der Waals surface area (Å²) in [6.45, 7) is -3.06. The molecule has 1 aromatic carbocycles. The van der Waals surface area contributed by atoms with Crippen LogP contribution < -0.4 is 10.3 Å². The fourth-order valence-corrected chi connectivity index (χ4v) is 3.84. The van der Waals surface area contributed by atoms with Crippen LogP contribution in [0.15, 0.2) is 30.6 Å². The average Bonchev–Trinajstić information content (AvgIpc) is 3.18. The molecule has 0 saturated heterocycles. The molecule has 2 atom stereocenters. The van der Waals surface area contributed by atoms with Crippen LogP contribution in [0.4, 0.5) is 8.78 Å². The third kappa shape index (κ3) is 3.30. The maximum atomic E-state index is 12.9. The molecule has 0 radical (unpaired) electrons. The highest BCUT2D eigenvalue weighted by molar-refractivity contribution is 6.30. The van der Waals surface area contributed by atoms with Crippen LogP contribution in [0.1, 0.15) is 35.4 Å². The van der Waals surface area contributed by atoms with Crippen molar-refractivity contribution in [3.05, 3.63) is 52.6 Å². The number of fused-ring (bicyclic) bond motifs is 3. The Hall–Kier alpha value is -2.70. The van der Waals surface area contributed by atoms with E-state index in [9.17, 15) is 8.78 Å². The van der Waals surface area contributed by atoms with Gasteiger partial charge in [-0.25, -0.2) is 4.98 Å². The van der Waals surface area contributed by atoms with Gasteiger partial charge in [0.1, 0.15) is 18.5 Å². The van der Waals surface area contributed by atoms with Crippen LogP contribution in [0.5, 0.6) is 5.75 Å². The van der Waals surface area contributed by atoms with E-state index in [2.05, 4.69) is 9.97 Å². The minimum absolute atomic E-state index is 0.0528. The SMILES string of the molecule is Bc1cn2c3c(nc2cn1)C(OCC#N)CC3c1cc(Cl)ccc1OC(F)F. The zero-order valence-electron chi connectivity index (χ0n) is 14.8. The molecule has 28 heavy (non-hydrogen) atoms. The summed E-state index contributed by atoms with van der Waals surface area (Å²) in [4.78, 5) is 8.86. The Kier molecular flexibility index (Phi) is 4.91. The third-order valence-electron chi connectivity index (χ3n) is 4.70. The van der Waals surface area contributed by atoms with Gasteiger partial charge in [-0.1, -0.05) is 11.6 Å². The van der Waals surface area contributed by atoms with Gasteiger partial charge in [0.25, 0.3) is 0 Å². The molecule has 10 heteroatoms. The molecule has 1 aliphatic carbocycles. The van der Waals surface area contributed by atoms with Crippen molar-refractivity contribution in [3.63, 3.8) is 0 Å². The molecular weight excluding hydrogens is 388 g/mol. The second-order valence-electron chi connectivity index (χ2n) is 6.45. The highest BCUT2D eigenvalue weighted by Gasteiger charge is 2.39. The monoisotopic (exact) mass is 402 g/mol.